The van der Waals surface area contributed by atoms with Crippen LogP contribution in [-0.4, -0.2) is 37.6 Å². The second-order valence-electron chi connectivity index (χ2n) is 5.53. The molecule has 120 valence electrons. The largest absolute Gasteiger partial charge is 0.378 e. The minimum absolute atomic E-state index is 0.0135. The van der Waals surface area contributed by atoms with E-state index < -0.39 is 0 Å². The number of nitrogens with one attached hydrogen (secondary N) is 3. The first kappa shape index (κ1) is 16.5. The highest BCUT2D eigenvalue weighted by Crippen LogP contribution is 2.17. The topological polar surface area (TPSA) is 79.5 Å². The van der Waals surface area contributed by atoms with Gasteiger partial charge in [0.05, 0.1) is 19.3 Å². The summed E-state index contributed by atoms with van der Waals surface area (Å²) in [5.41, 5.74) is 1.68. The van der Waals surface area contributed by atoms with Crippen LogP contribution < -0.4 is 16.0 Å². The molecule has 22 heavy (non-hydrogen) atoms. The highest BCUT2D eigenvalue weighted by atomic mass is 16.5. The molecule has 0 aromatic heterocycles. The van der Waals surface area contributed by atoms with Gasteiger partial charge in [0, 0.05) is 31.6 Å². The predicted molar refractivity (Wildman–Crippen MR) is 84.5 cm³/mol. The van der Waals surface area contributed by atoms with Gasteiger partial charge >= 0.3 is 0 Å². The average Bonchev–Trinajstić information content (AvgIpc) is 2.47. The van der Waals surface area contributed by atoms with E-state index in [2.05, 4.69) is 16.0 Å². The van der Waals surface area contributed by atoms with Gasteiger partial charge in [-0.15, -0.1) is 0 Å². The molecule has 1 heterocycles. The monoisotopic (exact) mass is 305 g/mol. The van der Waals surface area contributed by atoms with Crippen molar-refractivity contribution in [2.45, 2.75) is 32.4 Å². The van der Waals surface area contributed by atoms with Crippen molar-refractivity contribution in [3.63, 3.8) is 0 Å². The highest BCUT2D eigenvalue weighted by Gasteiger charge is 2.18. The number of benzene rings is 1. The molecule has 0 saturated carbocycles. The molecule has 1 aromatic carbocycles. The average molecular weight is 305 g/mol. The lowest BCUT2D eigenvalue weighted by Gasteiger charge is -2.24. The molecule has 6 nitrogen and oxygen atoms in total. The summed E-state index contributed by atoms with van der Waals surface area (Å²) in [5.74, 6) is -0.127. The first-order valence-electron chi connectivity index (χ1n) is 7.52. The first-order valence-corrected chi connectivity index (χ1v) is 7.52. The number of carbonyl (C=O) groups excluding carboxylic acids is 2. The molecule has 0 aliphatic carbocycles. The van der Waals surface area contributed by atoms with Crippen molar-refractivity contribution in [2.75, 3.05) is 25.1 Å². The van der Waals surface area contributed by atoms with Crippen molar-refractivity contribution in [1.29, 1.82) is 0 Å². The summed E-state index contributed by atoms with van der Waals surface area (Å²) in [7, 11) is 0. The van der Waals surface area contributed by atoms with Crippen LogP contribution in [0.1, 0.15) is 31.9 Å². The second-order valence-corrected chi connectivity index (χ2v) is 5.53. The van der Waals surface area contributed by atoms with Crippen LogP contribution >= 0.6 is 0 Å². The third kappa shape index (κ3) is 5.13. The van der Waals surface area contributed by atoms with Crippen LogP contribution in [0.4, 0.5) is 5.69 Å². The fraction of sp³-hybridized carbons (Fsp3) is 0.500. The van der Waals surface area contributed by atoms with Crippen molar-refractivity contribution in [3.05, 3.63) is 29.8 Å². The Bertz CT molecular complexity index is 527. The lowest BCUT2D eigenvalue weighted by molar-refractivity contribution is -0.123. The summed E-state index contributed by atoms with van der Waals surface area (Å²) in [6.07, 6.45) is 0.399. The fourth-order valence-corrected chi connectivity index (χ4v) is 2.45. The Labute approximate surface area is 130 Å². The Morgan fingerprint density at radius 3 is 2.95 bits per heavy atom. The molecule has 2 unspecified atom stereocenters. The molecular formula is C16H23N3O3. The summed E-state index contributed by atoms with van der Waals surface area (Å²) < 4.78 is 5.34. The van der Waals surface area contributed by atoms with E-state index in [-0.39, 0.29) is 23.9 Å². The normalized spacial score (nSPS) is 19.3. The van der Waals surface area contributed by atoms with E-state index in [4.69, 9.17) is 4.74 Å². The molecular weight excluding hydrogens is 282 g/mol. The summed E-state index contributed by atoms with van der Waals surface area (Å²) in [6.45, 7) is 5.45. The minimum Gasteiger partial charge on any atom is -0.378 e. The molecule has 1 aliphatic heterocycles. The minimum atomic E-state index is -0.120. The molecule has 1 aliphatic rings. The SMILES string of the molecule is CC(=O)Nc1cccc(C(C)NC(=O)CC2COCCN2)c1. The molecule has 0 bridgehead atoms. The van der Waals surface area contributed by atoms with Crippen LogP contribution in [0.25, 0.3) is 0 Å². The van der Waals surface area contributed by atoms with Crippen molar-refractivity contribution in [3.8, 4) is 0 Å². The molecule has 6 heteroatoms. The first-order chi connectivity index (χ1) is 10.5. The van der Waals surface area contributed by atoms with Crippen LogP contribution in [0.15, 0.2) is 24.3 Å². The molecule has 1 aromatic rings. The highest BCUT2D eigenvalue weighted by molar-refractivity contribution is 5.88. The smallest absolute Gasteiger partial charge is 0.222 e. The summed E-state index contributed by atoms with van der Waals surface area (Å²) in [5, 5.41) is 8.98. The lowest BCUT2D eigenvalue weighted by atomic mass is 10.1. The predicted octanol–water partition coefficient (Wildman–Crippen LogP) is 1.20. The van der Waals surface area contributed by atoms with Gasteiger partial charge < -0.3 is 20.7 Å². The molecule has 3 N–H and O–H groups in total. The van der Waals surface area contributed by atoms with Crippen molar-refractivity contribution >= 4 is 17.5 Å². The number of morpholine rings is 1. The third-order valence-corrected chi connectivity index (χ3v) is 3.51. The number of hydrogen-bond donors (Lipinski definition) is 3. The summed E-state index contributed by atoms with van der Waals surface area (Å²) >= 11 is 0. The maximum Gasteiger partial charge on any atom is 0.222 e. The van der Waals surface area contributed by atoms with E-state index in [1.54, 1.807) is 0 Å². The molecule has 2 atom stereocenters. The molecule has 0 radical (unpaired) electrons. The number of amides is 2. The number of hydrogen-bond acceptors (Lipinski definition) is 4. The third-order valence-electron chi connectivity index (χ3n) is 3.51. The molecule has 1 fully saturated rings. The van der Waals surface area contributed by atoms with E-state index in [0.717, 1.165) is 17.8 Å². The van der Waals surface area contributed by atoms with E-state index >= 15 is 0 Å². The Balaban J connectivity index is 1.89. The summed E-state index contributed by atoms with van der Waals surface area (Å²) in [4.78, 5) is 23.2. The maximum absolute atomic E-state index is 12.1. The standard InChI is InChI=1S/C16H23N3O3/c1-11(13-4-3-5-14(8-13)19-12(2)20)18-16(21)9-15-10-22-7-6-17-15/h3-5,8,11,15,17H,6-7,9-10H2,1-2H3,(H,18,21)(H,19,20). The van der Waals surface area contributed by atoms with Gasteiger partial charge in [-0.05, 0) is 24.6 Å². The van der Waals surface area contributed by atoms with Gasteiger partial charge in [0.1, 0.15) is 0 Å². The van der Waals surface area contributed by atoms with Gasteiger partial charge in [-0.25, -0.2) is 0 Å². The van der Waals surface area contributed by atoms with Crippen LogP contribution in [0, 0.1) is 0 Å². The maximum atomic E-state index is 12.1. The van der Waals surface area contributed by atoms with Crippen molar-refractivity contribution < 1.29 is 14.3 Å². The van der Waals surface area contributed by atoms with Crippen LogP contribution in [0.3, 0.4) is 0 Å². The molecule has 2 rings (SSSR count). The second kappa shape index (κ2) is 7.91. The Morgan fingerprint density at radius 2 is 2.27 bits per heavy atom. The van der Waals surface area contributed by atoms with E-state index in [9.17, 15) is 9.59 Å². The van der Waals surface area contributed by atoms with E-state index in [1.807, 2.05) is 31.2 Å². The van der Waals surface area contributed by atoms with E-state index in [0.29, 0.717) is 19.6 Å². The van der Waals surface area contributed by atoms with Gasteiger partial charge in [0.25, 0.3) is 0 Å². The Kier molecular flexibility index (Phi) is 5.91. The zero-order chi connectivity index (χ0) is 15.9. The Morgan fingerprint density at radius 1 is 1.45 bits per heavy atom. The van der Waals surface area contributed by atoms with Crippen molar-refractivity contribution in [1.82, 2.24) is 10.6 Å². The number of ether oxygens (including phenoxy) is 1. The van der Waals surface area contributed by atoms with Crippen LogP contribution in [-0.2, 0) is 14.3 Å². The molecule has 0 spiro atoms. The zero-order valence-corrected chi connectivity index (χ0v) is 13.0. The van der Waals surface area contributed by atoms with Gasteiger partial charge in [-0.2, -0.15) is 0 Å². The van der Waals surface area contributed by atoms with Gasteiger partial charge in [0.15, 0.2) is 0 Å². The summed E-state index contributed by atoms with van der Waals surface area (Å²) in [6, 6.07) is 7.44. The zero-order valence-electron chi connectivity index (χ0n) is 13.0. The van der Waals surface area contributed by atoms with Crippen LogP contribution in [0.2, 0.25) is 0 Å². The number of anilines is 1. The van der Waals surface area contributed by atoms with Gasteiger partial charge in [-0.1, -0.05) is 12.1 Å². The van der Waals surface area contributed by atoms with Crippen molar-refractivity contribution in [2.24, 2.45) is 0 Å². The quantitative estimate of drug-likeness (QED) is 0.764. The van der Waals surface area contributed by atoms with Gasteiger partial charge in [-0.3, -0.25) is 9.59 Å². The Hall–Kier alpha value is -1.92. The fourth-order valence-electron chi connectivity index (χ4n) is 2.45. The van der Waals surface area contributed by atoms with E-state index in [1.165, 1.54) is 6.92 Å². The lowest BCUT2D eigenvalue weighted by Crippen LogP contribution is -2.44. The number of rotatable bonds is 5. The molecule has 1 saturated heterocycles. The van der Waals surface area contributed by atoms with Crippen LogP contribution in [0.5, 0.6) is 0 Å². The number of carbonyl (C=O) groups is 2. The molecule has 2 amide bonds. The van der Waals surface area contributed by atoms with Gasteiger partial charge in [0.2, 0.25) is 11.8 Å².